The minimum absolute atomic E-state index is 0. The summed E-state index contributed by atoms with van der Waals surface area (Å²) in [4.78, 5) is 4.39. The van der Waals surface area contributed by atoms with Crippen LogP contribution in [0.3, 0.4) is 0 Å². The first-order valence-corrected chi connectivity index (χ1v) is 6.97. The van der Waals surface area contributed by atoms with E-state index in [1.54, 1.807) is 7.11 Å². The van der Waals surface area contributed by atoms with E-state index < -0.39 is 0 Å². The van der Waals surface area contributed by atoms with Crippen molar-refractivity contribution in [2.75, 3.05) is 7.11 Å². The number of aliphatic imine (C=N–C) groups is 1. The van der Waals surface area contributed by atoms with E-state index in [2.05, 4.69) is 10.3 Å². The molecule has 0 atom stereocenters. The van der Waals surface area contributed by atoms with Crippen LogP contribution in [-0.2, 0) is 6.54 Å². The summed E-state index contributed by atoms with van der Waals surface area (Å²) in [6.45, 7) is 0.607. The molecule has 1 fully saturated rings. The number of ether oxygens (including phenoxy) is 1. The lowest BCUT2D eigenvalue weighted by Gasteiger charge is -2.23. The third-order valence-electron chi connectivity index (χ3n) is 3.55. The van der Waals surface area contributed by atoms with Gasteiger partial charge >= 0.3 is 0 Å². The molecular weight excluding hydrogens is 365 g/mol. The first kappa shape index (κ1) is 17.1. The standard InChI is InChI=1S/C15H23N3O.HI/c1-19-14-9-7-12(8-10-14)11-17-15(16)18-13-5-3-2-4-6-13;/h7-10,13H,2-6,11H2,1H3,(H3,16,17,18);1H. The smallest absolute Gasteiger partial charge is 0.189 e. The topological polar surface area (TPSA) is 59.6 Å². The van der Waals surface area contributed by atoms with E-state index in [0.717, 1.165) is 11.3 Å². The van der Waals surface area contributed by atoms with Gasteiger partial charge in [0.15, 0.2) is 5.96 Å². The van der Waals surface area contributed by atoms with Crippen molar-refractivity contribution >= 4 is 29.9 Å². The van der Waals surface area contributed by atoms with Crippen LogP contribution in [0.5, 0.6) is 5.75 Å². The summed E-state index contributed by atoms with van der Waals surface area (Å²) >= 11 is 0. The predicted molar refractivity (Wildman–Crippen MR) is 93.7 cm³/mol. The second kappa shape index (κ2) is 9.05. The Morgan fingerprint density at radius 1 is 1.25 bits per heavy atom. The Balaban J connectivity index is 0.00000200. The first-order chi connectivity index (χ1) is 9.28. The number of hydrogen-bond donors (Lipinski definition) is 2. The molecule has 1 aliphatic carbocycles. The normalized spacial score (nSPS) is 16.4. The average molecular weight is 389 g/mol. The molecule has 0 radical (unpaired) electrons. The Hall–Kier alpha value is -0.980. The lowest BCUT2D eigenvalue weighted by Crippen LogP contribution is -2.41. The fourth-order valence-corrected chi connectivity index (χ4v) is 2.41. The van der Waals surface area contributed by atoms with Gasteiger partial charge in [0, 0.05) is 6.04 Å². The minimum atomic E-state index is 0. The third-order valence-corrected chi connectivity index (χ3v) is 3.55. The summed E-state index contributed by atoms with van der Waals surface area (Å²) < 4.78 is 5.12. The number of nitrogens with two attached hydrogens (primary N) is 1. The highest BCUT2D eigenvalue weighted by atomic mass is 127. The molecule has 1 aromatic carbocycles. The van der Waals surface area contributed by atoms with Gasteiger partial charge in [-0.15, -0.1) is 24.0 Å². The van der Waals surface area contributed by atoms with Gasteiger partial charge in [-0.2, -0.15) is 0 Å². The van der Waals surface area contributed by atoms with Gasteiger partial charge < -0.3 is 15.8 Å². The van der Waals surface area contributed by atoms with Crippen LogP contribution in [0.1, 0.15) is 37.7 Å². The highest BCUT2D eigenvalue weighted by Crippen LogP contribution is 2.17. The lowest BCUT2D eigenvalue weighted by molar-refractivity contribution is 0.412. The Morgan fingerprint density at radius 2 is 1.90 bits per heavy atom. The second-order valence-electron chi connectivity index (χ2n) is 5.03. The maximum Gasteiger partial charge on any atom is 0.189 e. The number of hydrogen-bond acceptors (Lipinski definition) is 2. The molecule has 0 unspecified atom stereocenters. The molecule has 5 heteroatoms. The van der Waals surface area contributed by atoms with E-state index in [1.807, 2.05) is 24.3 Å². The summed E-state index contributed by atoms with van der Waals surface area (Å²) in [5.41, 5.74) is 7.06. The lowest BCUT2D eigenvalue weighted by atomic mass is 9.96. The zero-order valence-corrected chi connectivity index (χ0v) is 14.3. The number of rotatable bonds is 4. The van der Waals surface area contributed by atoms with Gasteiger partial charge in [0.1, 0.15) is 5.75 Å². The van der Waals surface area contributed by atoms with Crippen molar-refractivity contribution in [3.63, 3.8) is 0 Å². The number of nitrogens with zero attached hydrogens (tertiary/aromatic N) is 1. The first-order valence-electron chi connectivity index (χ1n) is 6.97. The quantitative estimate of drug-likeness (QED) is 0.473. The molecule has 20 heavy (non-hydrogen) atoms. The van der Waals surface area contributed by atoms with Crippen molar-refractivity contribution in [3.8, 4) is 5.75 Å². The van der Waals surface area contributed by atoms with Crippen molar-refractivity contribution in [1.29, 1.82) is 0 Å². The van der Waals surface area contributed by atoms with Crippen molar-refractivity contribution in [3.05, 3.63) is 29.8 Å². The number of methoxy groups -OCH3 is 1. The number of nitrogens with one attached hydrogen (secondary N) is 1. The molecule has 1 aromatic rings. The van der Waals surface area contributed by atoms with Crippen molar-refractivity contribution < 1.29 is 4.74 Å². The SMILES string of the molecule is COc1ccc(CN=C(N)NC2CCCCC2)cc1.I. The van der Waals surface area contributed by atoms with Gasteiger partial charge in [0.05, 0.1) is 13.7 Å². The molecule has 0 aliphatic heterocycles. The Bertz CT molecular complexity index is 414. The van der Waals surface area contributed by atoms with E-state index in [1.165, 1.54) is 32.1 Å². The molecule has 0 aromatic heterocycles. The summed E-state index contributed by atoms with van der Waals surface area (Å²) in [6, 6.07) is 8.41. The molecule has 112 valence electrons. The van der Waals surface area contributed by atoms with Crippen LogP contribution >= 0.6 is 24.0 Å². The molecule has 0 amide bonds. The third kappa shape index (κ3) is 5.56. The fraction of sp³-hybridized carbons (Fsp3) is 0.533. The van der Waals surface area contributed by atoms with Gasteiger partial charge in [0.2, 0.25) is 0 Å². The van der Waals surface area contributed by atoms with Gasteiger partial charge in [-0.1, -0.05) is 31.4 Å². The van der Waals surface area contributed by atoms with E-state index in [0.29, 0.717) is 18.5 Å². The van der Waals surface area contributed by atoms with Crippen LogP contribution in [0, 0.1) is 0 Å². The number of halogens is 1. The van der Waals surface area contributed by atoms with E-state index in [4.69, 9.17) is 10.5 Å². The molecular formula is C15H24IN3O. The van der Waals surface area contributed by atoms with Crippen molar-refractivity contribution in [2.45, 2.75) is 44.7 Å². The maximum absolute atomic E-state index is 5.92. The molecule has 0 heterocycles. The zero-order valence-electron chi connectivity index (χ0n) is 12.0. The number of benzene rings is 1. The summed E-state index contributed by atoms with van der Waals surface area (Å²) in [5, 5.41) is 3.31. The monoisotopic (exact) mass is 389 g/mol. The summed E-state index contributed by atoms with van der Waals surface area (Å²) in [7, 11) is 1.67. The molecule has 1 saturated carbocycles. The van der Waals surface area contributed by atoms with Gasteiger partial charge in [0.25, 0.3) is 0 Å². The predicted octanol–water partition coefficient (Wildman–Crippen LogP) is 3.05. The van der Waals surface area contributed by atoms with Gasteiger partial charge in [-0.05, 0) is 30.5 Å². The van der Waals surface area contributed by atoms with Gasteiger partial charge in [-0.25, -0.2) is 4.99 Å². The van der Waals surface area contributed by atoms with Crippen LogP contribution in [0.15, 0.2) is 29.3 Å². The molecule has 4 nitrogen and oxygen atoms in total. The summed E-state index contributed by atoms with van der Waals surface area (Å²) in [5.74, 6) is 1.42. The van der Waals surface area contributed by atoms with Crippen molar-refractivity contribution in [1.82, 2.24) is 5.32 Å². The Labute approximate surface area is 138 Å². The highest BCUT2D eigenvalue weighted by Gasteiger charge is 2.13. The van der Waals surface area contributed by atoms with Crippen LogP contribution in [-0.4, -0.2) is 19.1 Å². The van der Waals surface area contributed by atoms with Crippen LogP contribution < -0.4 is 15.8 Å². The van der Waals surface area contributed by atoms with Crippen LogP contribution in [0.2, 0.25) is 0 Å². The molecule has 0 spiro atoms. The second-order valence-corrected chi connectivity index (χ2v) is 5.03. The Kier molecular flexibility index (Phi) is 7.72. The van der Waals surface area contributed by atoms with Gasteiger partial charge in [-0.3, -0.25) is 0 Å². The van der Waals surface area contributed by atoms with Crippen LogP contribution in [0.4, 0.5) is 0 Å². The van der Waals surface area contributed by atoms with Crippen molar-refractivity contribution in [2.24, 2.45) is 10.7 Å². The largest absolute Gasteiger partial charge is 0.497 e. The van der Waals surface area contributed by atoms with E-state index >= 15 is 0 Å². The highest BCUT2D eigenvalue weighted by molar-refractivity contribution is 14.0. The molecule has 2 rings (SSSR count). The molecule has 0 bridgehead atoms. The fourth-order valence-electron chi connectivity index (χ4n) is 2.41. The minimum Gasteiger partial charge on any atom is -0.497 e. The van der Waals surface area contributed by atoms with E-state index in [9.17, 15) is 0 Å². The Morgan fingerprint density at radius 3 is 2.50 bits per heavy atom. The molecule has 1 aliphatic rings. The maximum atomic E-state index is 5.92. The van der Waals surface area contributed by atoms with E-state index in [-0.39, 0.29) is 24.0 Å². The molecule has 3 N–H and O–H groups in total. The zero-order chi connectivity index (χ0) is 13.5. The number of guanidine groups is 1. The van der Waals surface area contributed by atoms with Crippen LogP contribution in [0.25, 0.3) is 0 Å². The average Bonchev–Trinajstić information content (AvgIpc) is 2.47. The summed E-state index contributed by atoms with van der Waals surface area (Å²) in [6.07, 6.45) is 6.35. The molecule has 0 saturated heterocycles.